The summed E-state index contributed by atoms with van der Waals surface area (Å²) in [6, 6.07) is 2.72. The molecule has 1 atom stereocenters. The van der Waals surface area contributed by atoms with Crippen LogP contribution in [0.3, 0.4) is 0 Å². The molecule has 0 aliphatic carbocycles. The van der Waals surface area contributed by atoms with E-state index >= 15 is 0 Å². The normalized spacial score (nSPS) is 23.5. The van der Waals surface area contributed by atoms with Crippen molar-refractivity contribution in [3.63, 3.8) is 0 Å². The molecule has 0 saturated heterocycles. The predicted molar refractivity (Wildman–Crippen MR) is 44.7 cm³/mol. The molecule has 1 unspecified atom stereocenters. The van der Waals surface area contributed by atoms with Crippen LogP contribution in [0.2, 0.25) is 0 Å². The summed E-state index contributed by atoms with van der Waals surface area (Å²) in [6.07, 6.45) is 3.06. The van der Waals surface area contributed by atoms with E-state index in [9.17, 15) is 0 Å². The molecule has 2 rings (SSSR count). The maximum Gasteiger partial charge on any atom is 0.126 e. The molecule has 0 radical (unpaired) electrons. The minimum absolute atomic E-state index is 0.652. The van der Waals surface area contributed by atoms with Crippen molar-refractivity contribution in [1.29, 1.82) is 0 Å². The number of fused-ring (bicyclic) bond motifs is 1. The minimum Gasteiger partial charge on any atom is -0.357 e. The first-order valence-corrected chi connectivity index (χ1v) is 4.03. The van der Waals surface area contributed by atoms with E-state index in [0.717, 1.165) is 6.54 Å². The third-order valence-corrected chi connectivity index (χ3v) is 2.48. The van der Waals surface area contributed by atoms with Gasteiger partial charge in [0.05, 0.1) is 6.20 Å². The molecule has 1 aromatic heterocycles. The number of hydrogen-bond acceptors (Lipinski definition) is 2. The van der Waals surface area contributed by atoms with Crippen molar-refractivity contribution >= 4 is 5.82 Å². The topological polar surface area (TPSA) is 21.1 Å². The van der Waals surface area contributed by atoms with Gasteiger partial charge in [-0.15, -0.1) is 0 Å². The first-order chi connectivity index (χ1) is 5.29. The molecule has 0 fully saturated rings. The molecule has 1 aliphatic rings. The van der Waals surface area contributed by atoms with E-state index in [1.54, 1.807) is 0 Å². The second-order valence-corrected chi connectivity index (χ2v) is 3.16. The van der Waals surface area contributed by atoms with Gasteiger partial charge in [-0.05, 0) is 13.3 Å². The lowest BCUT2D eigenvalue weighted by molar-refractivity contribution is 0.466. The molecule has 0 N–H and O–H groups in total. The Morgan fingerprint density at radius 3 is 3.27 bits per heavy atom. The van der Waals surface area contributed by atoms with Gasteiger partial charge in [0.2, 0.25) is 0 Å². The van der Waals surface area contributed by atoms with E-state index in [-0.39, 0.29) is 0 Å². The largest absolute Gasteiger partial charge is 0.357 e. The van der Waals surface area contributed by atoms with Gasteiger partial charge < -0.3 is 4.90 Å². The Balaban J connectivity index is 2.38. The van der Waals surface area contributed by atoms with Gasteiger partial charge in [-0.2, -0.15) is 5.10 Å². The van der Waals surface area contributed by atoms with E-state index in [1.165, 1.54) is 12.2 Å². The summed E-state index contributed by atoms with van der Waals surface area (Å²) in [5.41, 5.74) is 0. The lowest BCUT2D eigenvalue weighted by Gasteiger charge is -2.31. The fourth-order valence-corrected chi connectivity index (χ4v) is 1.53. The second kappa shape index (κ2) is 2.26. The average Bonchev–Trinajstić information content (AvgIpc) is 2.45. The molecule has 0 bridgehead atoms. The molecule has 1 aliphatic heterocycles. The summed E-state index contributed by atoms with van der Waals surface area (Å²) >= 11 is 0. The number of aromatic nitrogens is 2. The SMILES string of the molecule is CC1CCn2nccc2N1C. The number of rotatable bonds is 0. The van der Waals surface area contributed by atoms with Crippen LogP contribution in [0.5, 0.6) is 0 Å². The van der Waals surface area contributed by atoms with Crippen LogP contribution in [-0.2, 0) is 6.54 Å². The van der Waals surface area contributed by atoms with Gasteiger partial charge in [-0.1, -0.05) is 0 Å². The molecular weight excluding hydrogens is 138 g/mol. The van der Waals surface area contributed by atoms with E-state index in [2.05, 4.69) is 34.7 Å². The molecule has 0 spiro atoms. The van der Waals surface area contributed by atoms with Crippen molar-refractivity contribution in [3.05, 3.63) is 12.3 Å². The summed E-state index contributed by atoms with van der Waals surface area (Å²) in [7, 11) is 2.12. The lowest BCUT2D eigenvalue weighted by Crippen LogP contribution is -2.36. The quantitative estimate of drug-likeness (QED) is 0.554. The Morgan fingerprint density at radius 1 is 1.64 bits per heavy atom. The molecule has 60 valence electrons. The molecule has 0 saturated carbocycles. The highest BCUT2D eigenvalue weighted by Crippen LogP contribution is 2.21. The highest BCUT2D eigenvalue weighted by atomic mass is 15.4. The van der Waals surface area contributed by atoms with Gasteiger partial charge in [-0.25, -0.2) is 4.68 Å². The molecule has 11 heavy (non-hydrogen) atoms. The maximum absolute atomic E-state index is 4.22. The summed E-state index contributed by atoms with van der Waals surface area (Å²) in [5.74, 6) is 1.24. The standard InChI is InChI=1S/C8H13N3/c1-7-4-6-11-8(10(7)2)3-5-9-11/h3,5,7H,4,6H2,1-2H3. The zero-order valence-electron chi connectivity index (χ0n) is 6.99. The Labute approximate surface area is 66.6 Å². The molecule has 0 aromatic carbocycles. The van der Waals surface area contributed by atoms with E-state index in [0.29, 0.717) is 6.04 Å². The summed E-state index contributed by atoms with van der Waals surface area (Å²) < 4.78 is 2.06. The van der Waals surface area contributed by atoms with Crippen molar-refractivity contribution in [3.8, 4) is 0 Å². The fourth-order valence-electron chi connectivity index (χ4n) is 1.53. The second-order valence-electron chi connectivity index (χ2n) is 3.16. The molecule has 3 heteroatoms. The van der Waals surface area contributed by atoms with E-state index < -0.39 is 0 Å². The summed E-state index contributed by atoms with van der Waals surface area (Å²) in [5, 5.41) is 4.22. The molecule has 0 amide bonds. The van der Waals surface area contributed by atoms with E-state index in [1.807, 2.05) is 6.20 Å². The van der Waals surface area contributed by atoms with Crippen LogP contribution in [0.1, 0.15) is 13.3 Å². The molecule has 1 aromatic rings. The van der Waals surface area contributed by atoms with Gasteiger partial charge in [0, 0.05) is 25.7 Å². The maximum atomic E-state index is 4.22. The van der Waals surface area contributed by atoms with Crippen LogP contribution in [0.4, 0.5) is 5.82 Å². The van der Waals surface area contributed by atoms with E-state index in [4.69, 9.17) is 0 Å². The first kappa shape index (κ1) is 6.70. The number of nitrogens with zero attached hydrogens (tertiary/aromatic N) is 3. The van der Waals surface area contributed by atoms with Crippen molar-refractivity contribution in [2.75, 3.05) is 11.9 Å². The first-order valence-electron chi connectivity index (χ1n) is 4.03. The third kappa shape index (κ3) is 0.914. The monoisotopic (exact) mass is 151 g/mol. The van der Waals surface area contributed by atoms with Crippen molar-refractivity contribution in [2.45, 2.75) is 25.9 Å². The zero-order valence-corrected chi connectivity index (χ0v) is 6.99. The van der Waals surface area contributed by atoms with Gasteiger partial charge in [0.1, 0.15) is 5.82 Å². The summed E-state index contributed by atoms with van der Waals surface area (Å²) in [6.45, 7) is 3.31. The van der Waals surface area contributed by atoms with Crippen LogP contribution in [0.25, 0.3) is 0 Å². The van der Waals surface area contributed by atoms with Crippen LogP contribution < -0.4 is 4.90 Å². The fraction of sp³-hybridized carbons (Fsp3) is 0.625. The predicted octanol–water partition coefficient (Wildman–Crippen LogP) is 1.11. The van der Waals surface area contributed by atoms with Gasteiger partial charge in [0.15, 0.2) is 0 Å². The van der Waals surface area contributed by atoms with Crippen LogP contribution in [0.15, 0.2) is 12.3 Å². The average molecular weight is 151 g/mol. The number of anilines is 1. The summed E-state index contributed by atoms with van der Waals surface area (Å²) in [4.78, 5) is 2.27. The van der Waals surface area contributed by atoms with Gasteiger partial charge in [-0.3, -0.25) is 0 Å². The van der Waals surface area contributed by atoms with Gasteiger partial charge in [0.25, 0.3) is 0 Å². The molecular formula is C8H13N3. The van der Waals surface area contributed by atoms with Crippen molar-refractivity contribution < 1.29 is 0 Å². The Bertz CT molecular complexity index is 254. The van der Waals surface area contributed by atoms with Crippen LogP contribution >= 0.6 is 0 Å². The highest BCUT2D eigenvalue weighted by Gasteiger charge is 2.19. The smallest absolute Gasteiger partial charge is 0.126 e. The molecule has 3 nitrogen and oxygen atoms in total. The Morgan fingerprint density at radius 2 is 2.45 bits per heavy atom. The molecule has 2 heterocycles. The van der Waals surface area contributed by atoms with Crippen molar-refractivity contribution in [1.82, 2.24) is 9.78 Å². The number of aryl methyl sites for hydroxylation is 1. The van der Waals surface area contributed by atoms with Crippen LogP contribution in [-0.4, -0.2) is 22.9 Å². The van der Waals surface area contributed by atoms with Crippen molar-refractivity contribution in [2.24, 2.45) is 0 Å². The lowest BCUT2D eigenvalue weighted by atomic mass is 10.2. The third-order valence-electron chi connectivity index (χ3n) is 2.48. The zero-order chi connectivity index (χ0) is 7.84. The Kier molecular flexibility index (Phi) is 1.37. The van der Waals surface area contributed by atoms with Crippen LogP contribution in [0, 0.1) is 0 Å². The Hall–Kier alpha value is -0.990. The number of hydrogen-bond donors (Lipinski definition) is 0. The van der Waals surface area contributed by atoms with Gasteiger partial charge >= 0.3 is 0 Å². The highest BCUT2D eigenvalue weighted by molar-refractivity contribution is 5.39. The minimum atomic E-state index is 0.652.